The minimum Gasteiger partial charge on any atom is -0.493 e. The molecule has 0 saturated heterocycles. The SMILES string of the molecule is COc1cc(Cn2c(=O)n(CCN(C(C)C)C(C)C)c3c(Cl)nc(N)nc32)c(Br)c(OC)c1OC. The van der Waals surface area contributed by atoms with Gasteiger partial charge in [-0.15, -0.1) is 0 Å². The van der Waals surface area contributed by atoms with Crippen LogP contribution in [0.25, 0.3) is 11.2 Å². The van der Waals surface area contributed by atoms with Gasteiger partial charge in [-0.05, 0) is 55.3 Å². The normalized spacial score (nSPS) is 11.8. The second-order valence-corrected chi connectivity index (χ2v) is 9.76. The van der Waals surface area contributed by atoms with Gasteiger partial charge in [-0.25, -0.2) is 4.79 Å². The van der Waals surface area contributed by atoms with E-state index >= 15 is 0 Å². The number of fused-ring (bicyclic) bond motifs is 1. The molecule has 0 saturated carbocycles. The van der Waals surface area contributed by atoms with E-state index in [0.717, 1.165) is 5.56 Å². The number of methoxy groups -OCH3 is 3. The molecule has 192 valence electrons. The first kappa shape index (κ1) is 27.1. The number of hydrogen-bond acceptors (Lipinski definition) is 8. The maximum atomic E-state index is 13.7. The van der Waals surface area contributed by atoms with Gasteiger partial charge in [0, 0.05) is 25.2 Å². The Morgan fingerprint density at radius 1 is 1.06 bits per heavy atom. The van der Waals surface area contributed by atoms with E-state index in [0.29, 0.717) is 58.1 Å². The molecule has 0 unspecified atom stereocenters. The Labute approximate surface area is 218 Å². The van der Waals surface area contributed by atoms with E-state index in [2.05, 4.69) is 58.5 Å². The number of imidazole rings is 1. The number of aromatic nitrogens is 4. The Kier molecular flexibility index (Phi) is 8.55. The highest BCUT2D eigenvalue weighted by Crippen LogP contribution is 2.45. The zero-order valence-corrected chi connectivity index (χ0v) is 23.4. The van der Waals surface area contributed by atoms with Crippen LogP contribution in [0.5, 0.6) is 17.2 Å². The molecule has 0 aliphatic carbocycles. The fourth-order valence-corrected chi connectivity index (χ4v) is 5.17. The molecular weight excluding hydrogens is 540 g/mol. The number of anilines is 1. The van der Waals surface area contributed by atoms with Crippen LogP contribution in [-0.4, -0.2) is 64.0 Å². The molecule has 2 aromatic heterocycles. The average molecular weight is 572 g/mol. The monoisotopic (exact) mass is 570 g/mol. The van der Waals surface area contributed by atoms with Crippen LogP contribution in [-0.2, 0) is 13.1 Å². The number of nitrogen functional groups attached to an aromatic ring is 1. The van der Waals surface area contributed by atoms with Crippen LogP contribution < -0.4 is 25.6 Å². The molecule has 2 N–H and O–H groups in total. The fraction of sp³-hybridized carbons (Fsp3) is 0.522. The summed E-state index contributed by atoms with van der Waals surface area (Å²) >= 11 is 10.1. The van der Waals surface area contributed by atoms with Crippen molar-refractivity contribution in [2.45, 2.75) is 52.9 Å². The Morgan fingerprint density at radius 2 is 1.69 bits per heavy atom. The maximum absolute atomic E-state index is 13.7. The minimum atomic E-state index is -0.269. The van der Waals surface area contributed by atoms with E-state index < -0.39 is 0 Å². The molecule has 0 fully saturated rings. The zero-order valence-electron chi connectivity index (χ0n) is 21.1. The number of halogens is 2. The van der Waals surface area contributed by atoms with Crippen LogP contribution in [0.2, 0.25) is 5.15 Å². The third kappa shape index (κ3) is 5.22. The van der Waals surface area contributed by atoms with Gasteiger partial charge < -0.3 is 19.9 Å². The minimum absolute atomic E-state index is 0.0108. The quantitative estimate of drug-likeness (QED) is 0.366. The molecule has 1 aromatic carbocycles. The largest absolute Gasteiger partial charge is 0.493 e. The summed E-state index contributed by atoms with van der Waals surface area (Å²) in [6.45, 7) is 9.75. The van der Waals surface area contributed by atoms with Gasteiger partial charge >= 0.3 is 5.69 Å². The topological polar surface area (TPSA) is 110 Å². The number of rotatable bonds is 10. The maximum Gasteiger partial charge on any atom is 0.330 e. The molecule has 0 spiro atoms. The first-order chi connectivity index (χ1) is 16.5. The Balaban J connectivity index is 2.17. The molecule has 0 atom stereocenters. The first-order valence-electron chi connectivity index (χ1n) is 11.2. The van der Waals surface area contributed by atoms with Gasteiger partial charge in [-0.3, -0.25) is 14.0 Å². The van der Waals surface area contributed by atoms with E-state index in [1.807, 2.05) is 0 Å². The molecule has 2 heterocycles. The molecule has 10 nitrogen and oxygen atoms in total. The highest BCUT2D eigenvalue weighted by Gasteiger charge is 2.24. The Morgan fingerprint density at radius 3 is 2.23 bits per heavy atom. The summed E-state index contributed by atoms with van der Waals surface area (Å²) in [6, 6.07) is 2.42. The summed E-state index contributed by atoms with van der Waals surface area (Å²) in [5, 5.41) is 0.132. The molecule has 12 heteroatoms. The van der Waals surface area contributed by atoms with Crippen LogP contribution in [0.4, 0.5) is 5.95 Å². The zero-order chi connectivity index (χ0) is 26.0. The summed E-state index contributed by atoms with van der Waals surface area (Å²) < 4.78 is 20.3. The van der Waals surface area contributed by atoms with E-state index in [4.69, 9.17) is 31.5 Å². The number of hydrogen-bond donors (Lipinski definition) is 1. The van der Waals surface area contributed by atoms with Crippen molar-refractivity contribution in [3.8, 4) is 17.2 Å². The third-order valence-corrected chi connectivity index (χ3v) is 7.04. The summed E-state index contributed by atoms with van der Waals surface area (Å²) in [6.07, 6.45) is 0. The Hall–Kier alpha value is -2.50. The summed E-state index contributed by atoms with van der Waals surface area (Å²) in [5.74, 6) is 1.35. The molecule has 0 aliphatic rings. The van der Waals surface area contributed by atoms with Crippen molar-refractivity contribution in [3.63, 3.8) is 0 Å². The summed E-state index contributed by atoms with van der Waals surface area (Å²) in [7, 11) is 4.60. The van der Waals surface area contributed by atoms with Crippen molar-refractivity contribution in [2.75, 3.05) is 33.6 Å². The molecule has 35 heavy (non-hydrogen) atoms. The van der Waals surface area contributed by atoms with Gasteiger partial charge in [0.15, 0.2) is 22.3 Å². The van der Waals surface area contributed by atoms with Crippen LogP contribution in [0.3, 0.4) is 0 Å². The summed E-state index contributed by atoms with van der Waals surface area (Å²) in [5.41, 5.74) is 7.16. The average Bonchev–Trinajstić information content (AvgIpc) is 3.05. The van der Waals surface area contributed by atoms with E-state index in [1.54, 1.807) is 10.6 Å². The highest BCUT2D eigenvalue weighted by atomic mass is 79.9. The van der Waals surface area contributed by atoms with E-state index in [9.17, 15) is 4.79 Å². The lowest BCUT2D eigenvalue weighted by Gasteiger charge is -2.30. The second kappa shape index (κ2) is 11.0. The van der Waals surface area contributed by atoms with Gasteiger partial charge in [0.05, 0.1) is 32.3 Å². The molecule has 0 bridgehead atoms. The lowest BCUT2D eigenvalue weighted by atomic mass is 10.1. The smallest absolute Gasteiger partial charge is 0.330 e. The molecule has 3 rings (SSSR count). The van der Waals surface area contributed by atoms with Crippen molar-refractivity contribution in [3.05, 3.63) is 31.7 Å². The number of nitrogens with two attached hydrogens (primary N) is 1. The van der Waals surface area contributed by atoms with Crippen LogP contribution >= 0.6 is 27.5 Å². The molecule has 0 aliphatic heterocycles. The van der Waals surface area contributed by atoms with Gasteiger partial charge in [0.2, 0.25) is 11.7 Å². The van der Waals surface area contributed by atoms with Crippen LogP contribution in [0.1, 0.15) is 33.3 Å². The molecular formula is C23H32BrClN6O4. The van der Waals surface area contributed by atoms with Gasteiger partial charge in [0.1, 0.15) is 5.52 Å². The molecule has 0 radical (unpaired) electrons. The number of benzene rings is 1. The highest BCUT2D eigenvalue weighted by molar-refractivity contribution is 9.10. The molecule has 0 amide bonds. The standard InChI is InChI=1S/C23H32BrClN6O4/c1-12(2)29(13(3)4)8-9-30-17-20(25)27-22(26)28-21(17)31(23(30)32)11-14-10-15(33-5)18(34-6)19(35-7)16(14)24/h10,12-13H,8-9,11H2,1-7H3,(H2,26,27,28). The molecule has 3 aromatic rings. The van der Waals surface area contributed by atoms with Crippen LogP contribution in [0.15, 0.2) is 15.3 Å². The van der Waals surface area contributed by atoms with Gasteiger partial charge in [-0.2, -0.15) is 9.97 Å². The number of nitrogens with zero attached hydrogens (tertiary/aromatic N) is 5. The third-order valence-electron chi connectivity index (χ3n) is 5.91. The summed E-state index contributed by atoms with van der Waals surface area (Å²) in [4.78, 5) is 24.5. The Bertz CT molecular complexity index is 1270. The lowest BCUT2D eigenvalue weighted by Crippen LogP contribution is -2.40. The van der Waals surface area contributed by atoms with Gasteiger partial charge in [0.25, 0.3) is 0 Å². The first-order valence-corrected chi connectivity index (χ1v) is 12.4. The fourth-order valence-electron chi connectivity index (χ4n) is 4.32. The van der Waals surface area contributed by atoms with E-state index in [-0.39, 0.29) is 23.3 Å². The van der Waals surface area contributed by atoms with Crippen molar-refractivity contribution in [1.29, 1.82) is 0 Å². The second-order valence-electron chi connectivity index (χ2n) is 8.61. The van der Waals surface area contributed by atoms with Crippen LogP contribution in [0, 0.1) is 0 Å². The predicted molar refractivity (Wildman–Crippen MR) is 141 cm³/mol. The van der Waals surface area contributed by atoms with Crippen molar-refractivity contribution < 1.29 is 14.2 Å². The number of ether oxygens (including phenoxy) is 3. The predicted octanol–water partition coefficient (Wildman–Crippen LogP) is 3.78. The van der Waals surface area contributed by atoms with Gasteiger partial charge in [-0.1, -0.05) is 11.6 Å². The van der Waals surface area contributed by atoms with Crippen molar-refractivity contribution >= 4 is 44.6 Å². The van der Waals surface area contributed by atoms with Crippen molar-refractivity contribution in [1.82, 2.24) is 24.0 Å². The van der Waals surface area contributed by atoms with E-state index in [1.165, 1.54) is 25.9 Å². The lowest BCUT2D eigenvalue weighted by molar-refractivity contribution is 0.168. The van der Waals surface area contributed by atoms with Crippen molar-refractivity contribution in [2.24, 2.45) is 0 Å².